The Bertz CT molecular complexity index is 1170. The SMILES string of the molecule is O=C(c1ccc(F)c(F)c1Nc1ccc(I)cc1F)N1CC(O)(CNC2CCCCC2C2CCCCC2)C1. The summed E-state index contributed by atoms with van der Waals surface area (Å²) in [5.74, 6) is -2.18. The predicted octanol–water partition coefficient (Wildman–Crippen LogP) is 6.37. The van der Waals surface area contributed by atoms with Crippen LogP contribution in [0.3, 0.4) is 0 Å². The molecule has 5 rings (SSSR count). The lowest BCUT2D eigenvalue weighted by Crippen LogP contribution is -2.68. The van der Waals surface area contributed by atoms with Gasteiger partial charge < -0.3 is 20.6 Å². The topological polar surface area (TPSA) is 64.6 Å². The Morgan fingerprint density at radius 3 is 2.42 bits per heavy atom. The minimum absolute atomic E-state index is 0.0618. The van der Waals surface area contributed by atoms with Crippen molar-refractivity contribution in [2.45, 2.75) is 69.4 Å². The van der Waals surface area contributed by atoms with Crippen molar-refractivity contribution >= 4 is 39.9 Å². The average Bonchev–Trinajstić information content (AvgIpc) is 2.90. The van der Waals surface area contributed by atoms with E-state index in [1.165, 1.54) is 74.5 Å². The summed E-state index contributed by atoms with van der Waals surface area (Å²) >= 11 is 1.95. The van der Waals surface area contributed by atoms with Crippen molar-refractivity contribution in [2.75, 3.05) is 25.0 Å². The number of nitrogens with zero attached hydrogens (tertiary/aromatic N) is 1. The molecule has 1 amide bonds. The van der Waals surface area contributed by atoms with E-state index in [0.29, 0.717) is 22.1 Å². The lowest BCUT2D eigenvalue weighted by Gasteiger charge is -2.48. The molecule has 3 N–H and O–H groups in total. The number of carbonyl (C=O) groups excluding carboxylic acids is 1. The zero-order chi connectivity index (χ0) is 26.9. The number of nitrogens with one attached hydrogen (secondary N) is 2. The van der Waals surface area contributed by atoms with Gasteiger partial charge in [0.1, 0.15) is 11.4 Å². The highest BCUT2D eigenvalue weighted by Crippen LogP contribution is 2.39. The van der Waals surface area contributed by atoms with E-state index in [4.69, 9.17) is 0 Å². The first-order valence-corrected chi connectivity index (χ1v) is 14.8. The number of β-amino-alcohol motifs (C(OH)–C–C–N with tert-alkyl or cyclic N) is 1. The van der Waals surface area contributed by atoms with Crippen LogP contribution in [0.4, 0.5) is 24.5 Å². The van der Waals surface area contributed by atoms with Crippen molar-refractivity contribution in [3.63, 3.8) is 0 Å². The fourth-order valence-electron chi connectivity index (χ4n) is 6.53. The van der Waals surface area contributed by atoms with Gasteiger partial charge in [-0.2, -0.15) is 0 Å². The van der Waals surface area contributed by atoms with Crippen molar-refractivity contribution in [2.24, 2.45) is 11.8 Å². The lowest BCUT2D eigenvalue weighted by molar-refractivity contribution is -0.0817. The van der Waals surface area contributed by atoms with Gasteiger partial charge >= 0.3 is 0 Å². The molecule has 1 saturated heterocycles. The smallest absolute Gasteiger partial charge is 0.256 e. The Morgan fingerprint density at radius 2 is 1.68 bits per heavy atom. The third kappa shape index (κ3) is 5.99. The Hall–Kier alpha value is -1.85. The van der Waals surface area contributed by atoms with E-state index in [0.717, 1.165) is 18.4 Å². The molecule has 2 unspecified atom stereocenters. The highest BCUT2D eigenvalue weighted by molar-refractivity contribution is 14.1. The number of aliphatic hydroxyl groups is 1. The summed E-state index contributed by atoms with van der Waals surface area (Å²) in [5.41, 5.74) is -1.66. The predicted molar refractivity (Wildman–Crippen MR) is 150 cm³/mol. The molecule has 3 aliphatic rings. The average molecular weight is 642 g/mol. The summed E-state index contributed by atoms with van der Waals surface area (Å²) in [6, 6.07) is 6.76. The molecule has 2 saturated carbocycles. The Kier molecular flexibility index (Phi) is 8.54. The van der Waals surface area contributed by atoms with Gasteiger partial charge in [0.15, 0.2) is 11.6 Å². The van der Waals surface area contributed by atoms with Crippen molar-refractivity contribution in [3.05, 3.63) is 56.9 Å². The zero-order valence-corrected chi connectivity index (χ0v) is 23.6. The van der Waals surface area contributed by atoms with Crippen LogP contribution in [0.25, 0.3) is 0 Å². The highest BCUT2D eigenvalue weighted by Gasteiger charge is 2.45. The molecule has 3 fully saturated rings. The standard InChI is InChI=1S/C29H35F3IN3O2/c30-22-12-11-21(27(26(22)32)35-25-13-10-19(33)14-23(25)31)28(37)36-16-29(38,17-36)15-34-24-9-5-4-8-20(24)18-6-2-1-3-7-18/h10-14,18,20,24,34-35,38H,1-9,15-17H2. The second-order valence-corrected chi connectivity index (χ2v) is 12.5. The van der Waals surface area contributed by atoms with Crippen LogP contribution in [0, 0.1) is 32.9 Å². The molecule has 2 aliphatic carbocycles. The van der Waals surface area contributed by atoms with Gasteiger partial charge in [-0.1, -0.05) is 44.9 Å². The van der Waals surface area contributed by atoms with Crippen LogP contribution in [-0.4, -0.2) is 47.2 Å². The quantitative estimate of drug-likeness (QED) is 0.308. The third-order valence-corrected chi connectivity index (χ3v) is 9.21. The van der Waals surface area contributed by atoms with Crippen molar-refractivity contribution in [1.82, 2.24) is 10.2 Å². The lowest BCUT2D eigenvalue weighted by atomic mass is 9.71. The molecule has 2 aromatic carbocycles. The van der Waals surface area contributed by atoms with E-state index in [1.54, 1.807) is 6.07 Å². The second-order valence-electron chi connectivity index (χ2n) is 11.3. The van der Waals surface area contributed by atoms with Crippen LogP contribution >= 0.6 is 22.6 Å². The van der Waals surface area contributed by atoms with Gasteiger partial charge in [0.2, 0.25) is 0 Å². The molecule has 1 aliphatic heterocycles. The van der Waals surface area contributed by atoms with E-state index in [-0.39, 0.29) is 24.3 Å². The van der Waals surface area contributed by atoms with Gasteiger partial charge in [0.25, 0.3) is 5.91 Å². The minimum Gasteiger partial charge on any atom is -0.385 e. The number of hydrogen-bond acceptors (Lipinski definition) is 4. The van der Waals surface area contributed by atoms with Gasteiger partial charge in [0, 0.05) is 16.2 Å². The number of likely N-dealkylation sites (tertiary alicyclic amines) is 1. The molecule has 2 atom stereocenters. The molecule has 0 radical (unpaired) electrons. The number of benzene rings is 2. The summed E-state index contributed by atoms with van der Waals surface area (Å²) in [5, 5.41) is 17.3. The minimum atomic E-state index is -1.25. The molecular weight excluding hydrogens is 606 g/mol. The number of halogens is 4. The Morgan fingerprint density at radius 1 is 0.974 bits per heavy atom. The molecular formula is C29H35F3IN3O2. The van der Waals surface area contributed by atoms with Crippen molar-refractivity contribution in [3.8, 4) is 0 Å². The monoisotopic (exact) mass is 641 g/mol. The summed E-state index contributed by atoms with van der Waals surface area (Å²) < 4.78 is 43.9. The largest absolute Gasteiger partial charge is 0.385 e. The summed E-state index contributed by atoms with van der Waals surface area (Å²) in [4.78, 5) is 14.7. The normalized spacial score (nSPS) is 23.7. The zero-order valence-electron chi connectivity index (χ0n) is 21.4. The third-order valence-electron chi connectivity index (χ3n) is 8.54. The van der Waals surface area contributed by atoms with E-state index in [9.17, 15) is 23.1 Å². The number of amides is 1. The van der Waals surface area contributed by atoms with Crippen LogP contribution in [0.15, 0.2) is 30.3 Å². The maximum atomic E-state index is 14.8. The molecule has 0 bridgehead atoms. The number of anilines is 2. The molecule has 1 heterocycles. The van der Waals surface area contributed by atoms with Crippen LogP contribution in [-0.2, 0) is 0 Å². The van der Waals surface area contributed by atoms with Crippen LogP contribution in [0.1, 0.15) is 68.1 Å². The first kappa shape index (κ1) is 27.7. The molecule has 0 aromatic heterocycles. The summed E-state index contributed by atoms with van der Waals surface area (Å²) in [6.45, 7) is 0.577. The first-order chi connectivity index (χ1) is 18.2. The van der Waals surface area contributed by atoms with Crippen molar-refractivity contribution in [1.29, 1.82) is 0 Å². The fraction of sp³-hybridized carbons (Fsp3) is 0.552. The van der Waals surface area contributed by atoms with E-state index < -0.39 is 34.6 Å². The highest BCUT2D eigenvalue weighted by atomic mass is 127. The van der Waals surface area contributed by atoms with Gasteiger partial charge in [-0.25, -0.2) is 13.2 Å². The fourth-order valence-corrected chi connectivity index (χ4v) is 6.98. The van der Waals surface area contributed by atoms with E-state index in [2.05, 4.69) is 10.6 Å². The van der Waals surface area contributed by atoms with Crippen molar-refractivity contribution < 1.29 is 23.1 Å². The van der Waals surface area contributed by atoms with E-state index in [1.807, 2.05) is 22.6 Å². The van der Waals surface area contributed by atoms with Gasteiger partial charge in [0.05, 0.1) is 30.0 Å². The van der Waals surface area contributed by atoms with Gasteiger partial charge in [-0.3, -0.25) is 4.79 Å². The molecule has 38 heavy (non-hydrogen) atoms. The maximum Gasteiger partial charge on any atom is 0.256 e. The Labute approximate surface area is 235 Å². The van der Waals surface area contributed by atoms with E-state index >= 15 is 0 Å². The molecule has 206 valence electrons. The van der Waals surface area contributed by atoms with Crippen LogP contribution in [0.5, 0.6) is 0 Å². The van der Waals surface area contributed by atoms with Gasteiger partial charge in [-0.15, -0.1) is 0 Å². The van der Waals surface area contributed by atoms with Gasteiger partial charge in [-0.05, 0) is 77.6 Å². The molecule has 5 nitrogen and oxygen atoms in total. The number of carbonyl (C=O) groups is 1. The van der Waals surface area contributed by atoms with Crippen LogP contribution < -0.4 is 10.6 Å². The second kappa shape index (κ2) is 11.7. The summed E-state index contributed by atoms with van der Waals surface area (Å²) in [7, 11) is 0. The maximum absolute atomic E-state index is 14.8. The number of rotatable bonds is 7. The van der Waals surface area contributed by atoms with Crippen LogP contribution in [0.2, 0.25) is 0 Å². The number of hydrogen-bond donors (Lipinski definition) is 3. The Balaban J connectivity index is 1.23. The molecule has 0 spiro atoms. The molecule has 2 aromatic rings. The summed E-state index contributed by atoms with van der Waals surface area (Å²) in [6.07, 6.45) is 11.4. The first-order valence-electron chi connectivity index (χ1n) is 13.7. The molecule has 9 heteroatoms.